The molecular weight excluding hydrogens is 248 g/mol. The fourth-order valence-corrected chi connectivity index (χ4v) is 2.77. The first-order valence-electron chi connectivity index (χ1n) is 8.01. The molecule has 0 aromatic carbocycles. The highest BCUT2D eigenvalue weighted by Gasteiger charge is 2.21. The lowest BCUT2D eigenvalue weighted by Gasteiger charge is -2.29. The summed E-state index contributed by atoms with van der Waals surface area (Å²) in [7, 11) is 0. The molecular formula is C16H28N4. The minimum absolute atomic E-state index is 0.491. The van der Waals surface area contributed by atoms with Crippen LogP contribution in [-0.2, 0) is 6.54 Å². The number of anilines is 1. The van der Waals surface area contributed by atoms with Gasteiger partial charge in [-0.3, -0.25) is 0 Å². The molecule has 0 spiro atoms. The summed E-state index contributed by atoms with van der Waals surface area (Å²) in [5, 5.41) is 3.40. The van der Waals surface area contributed by atoms with Gasteiger partial charge in [0.05, 0.1) is 0 Å². The molecule has 1 unspecified atom stereocenters. The van der Waals surface area contributed by atoms with Gasteiger partial charge in [0.1, 0.15) is 0 Å². The first kappa shape index (κ1) is 15.2. The summed E-state index contributed by atoms with van der Waals surface area (Å²) >= 11 is 0. The Hall–Kier alpha value is -1.16. The molecule has 1 aromatic heterocycles. The minimum Gasteiger partial charge on any atom is -0.338 e. The molecule has 4 heteroatoms. The Labute approximate surface area is 123 Å². The smallest absolute Gasteiger partial charge is 0.225 e. The van der Waals surface area contributed by atoms with Crippen molar-refractivity contribution in [1.82, 2.24) is 15.3 Å². The second kappa shape index (κ2) is 7.58. The Morgan fingerprint density at radius 2 is 2.00 bits per heavy atom. The Bertz CT molecular complexity index is 388. The number of aromatic nitrogens is 2. The summed E-state index contributed by atoms with van der Waals surface area (Å²) in [6, 6.07) is 1.10. The van der Waals surface area contributed by atoms with Gasteiger partial charge in [-0.1, -0.05) is 33.6 Å². The molecule has 1 atom stereocenters. The molecule has 0 aliphatic carbocycles. The Morgan fingerprint density at radius 3 is 2.65 bits per heavy atom. The van der Waals surface area contributed by atoms with Crippen LogP contribution in [0, 0.1) is 0 Å². The van der Waals surface area contributed by atoms with Gasteiger partial charge in [-0.05, 0) is 19.3 Å². The zero-order valence-electron chi connectivity index (χ0n) is 13.1. The van der Waals surface area contributed by atoms with Gasteiger partial charge in [0.15, 0.2) is 0 Å². The summed E-state index contributed by atoms with van der Waals surface area (Å²) in [5.41, 5.74) is 1.16. The molecule has 0 bridgehead atoms. The fraction of sp³-hybridized carbons (Fsp3) is 0.750. The highest BCUT2D eigenvalue weighted by Crippen LogP contribution is 2.22. The maximum Gasteiger partial charge on any atom is 0.225 e. The zero-order valence-corrected chi connectivity index (χ0v) is 13.1. The molecule has 1 N–H and O–H groups in total. The van der Waals surface area contributed by atoms with Gasteiger partial charge in [0, 0.05) is 43.1 Å². The SMILES string of the molecule is CCC1CCCCCN1c1ncc(CNC(C)C)cn1. The van der Waals surface area contributed by atoms with Crippen molar-refractivity contribution in [3.63, 3.8) is 0 Å². The van der Waals surface area contributed by atoms with Crippen LogP contribution in [-0.4, -0.2) is 28.6 Å². The predicted molar refractivity (Wildman–Crippen MR) is 83.9 cm³/mol. The molecule has 0 saturated carbocycles. The molecule has 112 valence electrons. The second-order valence-electron chi connectivity index (χ2n) is 6.03. The number of nitrogens with zero attached hydrogens (tertiary/aromatic N) is 3. The van der Waals surface area contributed by atoms with E-state index in [0.717, 1.165) is 24.6 Å². The third-order valence-electron chi connectivity index (χ3n) is 4.01. The first-order chi connectivity index (χ1) is 9.70. The van der Waals surface area contributed by atoms with Crippen LogP contribution < -0.4 is 10.2 Å². The molecule has 2 heterocycles. The number of hydrogen-bond donors (Lipinski definition) is 1. The van der Waals surface area contributed by atoms with Gasteiger partial charge in [-0.25, -0.2) is 9.97 Å². The van der Waals surface area contributed by atoms with E-state index in [1.165, 1.54) is 32.1 Å². The Balaban J connectivity index is 2.03. The van der Waals surface area contributed by atoms with Gasteiger partial charge in [0.2, 0.25) is 5.95 Å². The van der Waals surface area contributed by atoms with E-state index in [1.807, 2.05) is 12.4 Å². The van der Waals surface area contributed by atoms with Crippen molar-refractivity contribution in [2.75, 3.05) is 11.4 Å². The van der Waals surface area contributed by atoms with Gasteiger partial charge < -0.3 is 10.2 Å². The third kappa shape index (κ3) is 4.17. The van der Waals surface area contributed by atoms with Gasteiger partial charge >= 0.3 is 0 Å². The van der Waals surface area contributed by atoms with Crippen LogP contribution in [0.15, 0.2) is 12.4 Å². The first-order valence-corrected chi connectivity index (χ1v) is 8.01. The lowest BCUT2D eigenvalue weighted by molar-refractivity contribution is 0.546. The summed E-state index contributed by atoms with van der Waals surface area (Å²) in [6.07, 6.45) is 10.3. The number of hydrogen-bond acceptors (Lipinski definition) is 4. The van der Waals surface area contributed by atoms with Gasteiger partial charge in [-0.2, -0.15) is 0 Å². The van der Waals surface area contributed by atoms with Gasteiger partial charge in [-0.15, -0.1) is 0 Å². The van der Waals surface area contributed by atoms with Crippen LogP contribution in [0.4, 0.5) is 5.95 Å². The van der Waals surface area contributed by atoms with E-state index in [9.17, 15) is 0 Å². The molecule has 1 aliphatic rings. The molecule has 20 heavy (non-hydrogen) atoms. The Morgan fingerprint density at radius 1 is 1.25 bits per heavy atom. The van der Waals surface area contributed by atoms with Crippen LogP contribution in [0.5, 0.6) is 0 Å². The molecule has 2 rings (SSSR count). The van der Waals surface area contributed by atoms with Crippen molar-refractivity contribution in [3.8, 4) is 0 Å². The lowest BCUT2D eigenvalue weighted by Crippen LogP contribution is -2.35. The van der Waals surface area contributed by atoms with Gasteiger partial charge in [0.25, 0.3) is 0 Å². The lowest BCUT2D eigenvalue weighted by atomic mass is 10.1. The van der Waals surface area contributed by atoms with Crippen molar-refractivity contribution < 1.29 is 0 Å². The minimum atomic E-state index is 0.491. The zero-order chi connectivity index (χ0) is 14.4. The fourth-order valence-electron chi connectivity index (χ4n) is 2.77. The average molecular weight is 276 g/mol. The summed E-state index contributed by atoms with van der Waals surface area (Å²) in [4.78, 5) is 11.6. The van der Waals surface area contributed by atoms with E-state index in [0.29, 0.717) is 12.1 Å². The van der Waals surface area contributed by atoms with E-state index in [1.54, 1.807) is 0 Å². The molecule has 1 aliphatic heterocycles. The van der Waals surface area contributed by atoms with Crippen LogP contribution in [0.3, 0.4) is 0 Å². The average Bonchev–Trinajstić information content (AvgIpc) is 2.70. The van der Waals surface area contributed by atoms with Crippen molar-refractivity contribution in [3.05, 3.63) is 18.0 Å². The summed E-state index contributed by atoms with van der Waals surface area (Å²) in [5.74, 6) is 0.909. The van der Waals surface area contributed by atoms with Crippen molar-refractivity contribution >= 4 is 5.95 Å². The van der Waals surface area contributed by atoms with E-state index in [-0.39, 0.29) is 0 Å². The quantitative estimate of drug-likeness (QED) is 0.897. The van der Waals surface area contributed by atoms with E-state index in [4.69, 9.17) is 0 Å². The van der Waals surface area contributed by atoms with Crippen LogP contribution >= 0.6 is 0 Å². The molecule has 0 radical (unpaired) electrons. The summed E-state index contributed by atoms with van der Waals surface area (Å²) in [6.45, 7) is 8.51. The molecule has 4 nitrogen and oxygen atoms in total. The van der Waals surface area contributed by atoms with Crippen molar-refractivity contribution in [1.29, 1.82) is 0 Å². The van der Waals surface area contributed by atoms with Crippen LogP contribution in [0.25, 0.3) is 0 Å². The van der Waals surface area contributed by atoms with Crippen molar-refractivity contribution in [2.45, 2.75) is 71.5 Å². The molecule has 1 aromatic rings. The maximum atomic E-state index is 4.59. The van der Waals surface area contributed by atoms with E-state index in [2.05, 4.69) is 41.0 Å². The monoisotopic (exact) mass is 276 g/mol. The highest BCUT2D eigenvalue weighted by atomic mass is 15.3. The molecule has 0 amide bonds. The predicted octanol–water partition coefficient (Wildman–Crippen LogP) is 3.13. The number of nitrogens with one attached hydrogen (secondary N) is 1. The normalized spacial score (nSPS) is 20.2. The largest absolute Gasteiger partial charge is 0.338 e. The molecule has 1 saturated heterocycles. The Kier molecular flexibility index (Phi) is 5.77. The summed E-state index contributed by atoms with van der Waals surface area (Å²) < 4.78 is 0. The molecule has 1 fully saturated rings. The van der Waals surface area contributed by atoms with Crippen molar-refractivity contribution in [2.24, 2.45) is 0 Å². The van der Waals surface area contributed by atoms with Crippen LogP contribution in [0.1, 0.15) is 58.4 Å². The standard InChI is InChI=1S/C16H28N4/c1-4-15-8-6-5-7-9-20(15)16-18-11-14(12-19-16)10-17-13(2)3/h11-13,15,17H,4-10H2,1-3H3. The highest BCUT2D eigenvalue weighted by molar-refractivity contribution is 5.32. The second-order valence-corrected chi connectivity index (χ2v) is 6.03. The van der Waals surface area contributed by atoms with E-state index < -0.39 is 0 Å². The third-order valence-corrected chi connectivity index (χ3v) is 4.01. The van der Waals surface area contributed by atoms with Crippen LogP contribution in [0.2, 0.25) is 0 Å². The maximum absolute atomic E-state index is 4.59. The van der Waals surface area contributed by atoms with E-state index >= 15 is 0 Å². The number of rotatable bonds is 5. The topological polar surface area (TPSA) is 41.1 Å².